The van der Waals surface area contributed by atoms with Gasteiger partial charge in [0.15, 0.2) is 0 Å². The lowest BCUT2D eigenvalue weighted by Crippen LogP contribution is -2.27. The van der Waals surface area contributed by atoms with E-state index in [1.54, 1.807) is 7.11 Å². The van der Waals surface area contributed by atoms with Crippen molar-refractivity contribution in [3.63, 3.8) is 0 Å². The van der Waals surface area contributed by atoms with E-state index >= 15 is 0 Å². The molecule has 2 aromatic carbocycles. The van der Waals surface area contributed by atoms with Gasteiger partial charge in [-0.25, -0.2) is 8.42 Å². The number of hydrogen-bond donors (Lipinski definition) is 2. The van der Waals surface area contributed by atoms with Gasteiger partial charge in [0.1, 0.15) is 5.75 Å². The molecule has 1 atom stereocenters. The highest BCUT2D eigenvalue weighted by Crippen LogP contribution is 2.26. The number of anilines is 1. The average molecular weight is 383 g/mol. The first-order valence-corrected chi connectivity index (χ1v) is 9.69. The molecule has 2 N–H and O–H groups in total. The van der Waals surface area contributed by atoms with Gasteiger partial charge in [0, 0.05) is 11.3 Å². The Labute approximate surface area is 152 Å². The van der Waals surface area contributed by atoms with Crippen molar-refractivity contribution in [1.29, 1.82) is 0 Å². The molecule has 0 spiro atoms. The molecule has 6 nitrogen and oxygen atoms in total. The normalized spacial score (nSPS) is 12.3. The van der Waals surface area contributed by atoms with Crippen molar-refractivity contribution in [2.24, 2.45) is 0 Å². The fourth-order valence-electron chi connectivity index (χ4n) is 2.35. The van der Waals surface area contributed by atoms with Crippen LogP contribution >= 0.6 is 11.6 Å². The number of methoxy groups -OCH3 is 1. The molecule has 0 heterocycles. The molecule has 2 rings (SSSR count). The van der Waals surface area contributed by atoms with E-state index in [1.807, 2.05) is 31.2 Å². The van der Waals surface area contributed by atoms with Gasteiger partial charge in [0.2, 0.25) is 10.0 Å². The lowest BCUT2D eigenvalue weighted by Gasteiger charge is -2.18. The molecule has 0 unspecified atom stereocenters. The predicted octanol–water partition coefficient (Wildman–Crippen LogP) is 3.21. The third kappa shape index (κ3) is 5.11. The lowest BCUT2D eigenvalue weighted by molar-refractivity contribution is 0.0939. The third-order valence-corrected chi connectivity index (χ3v) is 4.40. The Bertz CT molecular complexity index is 884. The maximum Gasteiger partial charge on any atom is 0.253 e. The van der Waals surface area contributed by atoms with Crippen LogP contribution in [0, 0.1) is 0 Å². The summed E-state index contributed by atoms with van der Waals surface area (Å²) in [5, 5.41) is 3.06. The van der Waals surface area contributed by atoms with Gasteiger partial charge in [0.05, 0.1) is 30.0 Å². The van der Waals surface area contributed by atoms with Crippen LogP contribution in [0.1, 0.15) is 28.9 Å². The number of ether oxygens (including phenoxy) is 1. The molecule has 25 heavy (non-hydrogen) atoms. The summed E-state index contributed by atoms with van der Waals surface area (Å²) in [6.45, 7) is 1.82. The Balaban J connectivity index is 2.24. The van der Waals surface area contributed by atoms with Gasteiger partial charge in [-0.2, -0.15) is 0 Å². The van der Waals surface area contributed by atoms with Crippen LogP contribution in [0.4, 0.5) is 5.69 Å². The summed E-state index contributed by atoms with van der Waals surface area (Å²) < 4.78 is 30.3. The fraction of sp³-hybridized carbons (Fsp3) is 0.235. The zero-order valence-electron chi connectivity index (χ0n) is 14.0. The highest BCUT2D eigenvalue weighted by atomic mass is 35.5. The Morgan fingerprint density at radius 3 is 2.52 bits per heavy atom. The Hall–Kier alpha value is -2.25. The quantitative estimate of drug-likeness (QED) is 0.803. The molecule has 0 radical (unpaired) electrons. The second-order valence-electron chi connectivity index (χ2n) is 5.51. The number of amides is 1. The Morgan fingerprint density at radius 1 is 1.20 bits per heavy atom. The van der Waals surface area contributed by atoms with Crippen LogP contribution in [0.3, 0.4) is 0 Å². The van der Waals surface area contributed by atoms with Gasteiger partial charge in [-0.05, 0) is 31.2 Å². The van der Waals surface area contributed by atoms with E-state index in [2.05, 4.69) is 10.0 Å². The SMILES string of the molecule is COc1ccccc1[C@@H](C)NC(=O)c1cc(NS(C)(=O)=O)ccc1Cl. The topological polar surface area (TPSA) is 84.5 Å². The molecule has 0 saturated carbocycles. The zero-order chi connectivity index (χ0) is 18.6. The van der Waals surface area contributed by atoms with Crippen LogP contribution < -0.4 is 14.8 Å². The molecule has 0 aromatic heterocycles. The second kappa shape index (κ2) is 7.76. The number of rotatable bonds is 6. The molecule has 134 valence electrons. The minimum Gasteiger partial charge on any atom is -0.496 e. The van der Waals surface area contributed by atoms with Crippen molar-refractivity contribution in [1.82, 2.24) is 5.32 Å². The minimum absolute atomic E-state index is 0.178. The van der Waals surface area contributed by atoms with E-state index in [1.165, 1.54) is 18.2 Å². The molecule has 0 aliphatic heterocycles. The molecular formula is C17H19ClN2O4S. The number of carbonyl (C=O) groups is 1. The first kappa shape index (κ1) is 19.1. The van der Waals surface area contributed by atoms with Crippen molar-refractivity contribution in [2.45, 2.75) is 13.0 Å². The molecule has 0 aliphatic carbocycles. The maximum atomic E-state index is 12.6. The fourth-order valence-corrected chi connectivity index (χ4v) is 3.11. The maximum absolute atomic E-state index is 12.6. The van der Waals surface area contributed by atoms with Gasteiger partial charge in [-0.3, -0.25) is 9.52 Å². The average Bonchev–Trinajstić information content (AvgIpc) is 2.55. The number of sulfonamides is 1. The largest absolute Gasteiger partial charge is 0.496 e. The molecule has 1 amide bonds. The van der Waals surface area contributed by atoms with E-state index in [0.717, 1.165) is 11.8 Å². The monoisotopic (exact) mass is 382 g/mol. The lowest BCUT2D eigenvalue weighted by atomic mass is 10.1. The third-order valence-electron chi connectivity index (χ3n) is 3.47. The van der Waals surface area contributed by atoms with Crippen molar-refractivity contribution in [3.8, 4) is 5.75 Å². The van der Waals surface area contributed by atoms with E-state index in [9.17, 15) is 13.2 Å². The van der Waals surface area contributed by atoms with Crippen molar-refractivity contribution < 1.29 is 17.9 Å². The number of hydrogen-bond acceptors (Lipinski definition) is 4. The molecule has 0 bridgehead atoms. The van der Waals surface area contributed by atoms with Gasteiger partial charge < -0.3 is 10.1 Å². The van der Waals surface area contributed by atoms with E-state index in [4.69, 9.17) is 16.3 Å². The van der Waals surface area contributed by atoms with Crippen molar-refractivity contribution in [3.05, 3.63) is 58.6 Å². The van der Waals surface area contributed by atoms with Crippen LogP contribution in [0.2, 0.25) is 5.02 Å². The molecule has 0 aliphatic rings. The van der Waals surface area contributed by atoms with Crippen LogP contribution in [0.15, 0.2) is 42.5 Å². The zero-order valence-corrected chi connectivity index (χ0v) is 15.6. The molecule has 0 saturated heterocycles. The molecule has 2 aromatic rings. The Kier molecular flexibility index (Phi) is 5.92. The van der Waals surface area contributed by atoms with Crippen molar-refractivity contribution in [2.75, 3.05) is 18.1 Å². The Morgan fingerprint density at radius 2 is 1.88 bits per heavy atom. The van der Waals surface area contributed by atoms with E-state index < -0.39 is 15.9 Å². The standard InChI is InChI=1S/C17H19ClN2O4S/c1-11(13-6-4-5-7-16(13)24-2)19-17(21)14-10-12(8-9-15(14)18)20-25(3,22)23/h4-11,20H,1-3H3,(H,19,21)/t11-/m1/s1. The second-order valence-corrected chi connectivity index (χ2v) is 7.66. The summed E-state index contributed by atoms with van der Waals surface area (Å²) in [6, 6.07) is 11.4. The first-order valence-electron chi connectivity index (χ1n) is 7.42. The van der Waals surface area contributed by atoms with E-state index in [-0.39, 0.29) is 22.3 Å². The molecule has 8 heteroatoms. The van der Waals surface area contributed by atoms with Gasteiger partial charge in [0.25, 0.3) is 5.91 Å². The van der Waals surface area contributed by atoms with E-state index in [0.29, 0.717) is 5.75 Å². The minimum atomic E-state index is -3.45. The summed E-state index contributed by atoms with van der Waals surface area (Å²) in [7, 11) is -1.89. The van der Waals surface area contributed by atoms with Gasteiger partial charge >= 0.3 is 0 Å². The number of carbonyl (C=O) groups excluding carboxylic acids is 1. The first-order chi connectivity index (χ1) is 11.7. The number of halogens is 1. The summed E-state index contributed by atoms with van der Waals surface area (Å²) in [6.07, 6.45) is 1.03. The predicted molar refractivity (Wildman–Crippen MR) is 98.8 cm³/mol. The smallest absolute Gasteiger partial charge is 0.253 e. The molecular weight excluding hydrogens is 364 g/mol. The number of para-hydroxylation sites is 1. The van der Waals surface area contributed by atoms with Crippen LogP contribution in [0.25, 0.3) is 0 Å². The molecule has 0 fully saturated rings. The summed E-state index contributed by atoms with van der Waals surface area (Å²) >= 11 is 6.09. The van der Waals surface area contributed by atoms with Crippen LogP contribution in [-0.4, -0.2) is 27.7 Å². The van der Waals surface area contributed by atoms with Gasteiger partial charge in [-0.15, -0.1) is 0 Å². The summed E-state index contributed by atoms with van der Waals surface area (Å²) in [5.74, 6) is 0.245. The number of benzene rings is 2. The number of nitrogens with one attached hydrogen (secondary N) is 2. The van der Waals surface area contributed by atoms with Crippen molar-refractivity contribution >= 4 is 33.2 Å². The van der Waals surface area contributed by atoms with Crippen LogP contribution in [0.5, 0.6) is 5.75 Å². The highest BCUT2D eigenvalue weighted by Gasteiger charge is 2.17. The van der Waals surface area contributed by atoms with Gasteiger partial charge in [-0.1, -0.05) is 29.8 Å². The summed E-state index contributed by atoms with van der Waals surface area (Å²) in [4.78, 5) is 12.6. The van der Waals surface area contributed by atoms with Crippen LogP contribution in [-0.2, 0) is 10.0 Å². The highest BCUT2D eigenvalue weighted by molar-refractivity contribution is 7.92. The summed E-state index contributed by atoms with van der Waals surface area (Å²) in [5.41, 5.74) is 1.26.